The highest BCUT2D eigenvalue weighted by molar-refractivity contribution is 5.75. The topological polar surface area (TPSA) is 81.7 Å². The minimum absolute atomic E-state index is 0.00317. The summed E-state index contributed by atoms with van der Waals surface area (Å²) in [4.78, 5) is 22.9. The van der Waals surface area contributed by atoms with Gasteiger partial charge in [0, 0.05) is 18.1 Å². The molecule has 0 radical (unpaired) electrons. The fourth-order valence-electron chi connectivity index (χ4n) is 2.98. The van der Waals surface area contributed by atoms with Gasteiger partial charge < -0.3 is 10.4 Å². The fraction of sp³-hybridized carbons (Fsp3) is 0.857. The number of hydrogen-bond acceptors (Lipinski definition) is 3. The second-order valence-corrected chi connectivity index (χ2v) is 6.16. The number of carbonyl (C=O) groups is 2. The number of hydrazine groups is 1. The van der Waals surface area contributed by atoms with Gasteiger partial charge in [-0.05, 0) is 45.4 Å². The first-order valence-corrected chi connectivity index (χ1v) is 7.54. The Bertz CT molecular complexity index is 361. The smallest absolute Gasteiger partial charge is 0.329 e. The number of nitrogens with one attached hydrogen (secondary N) is 2. The van der Waals surface area contributed by atoms with Gasteiger partial charge in [0.25, 0.3) is 0 Å². The third kappa shape index (κ3) is 4.10. The predicted molar refractivity (Wildman–Crippen MR) is 75.0 cm³/mol. The maximum atomic E-state index is 12.1. The van der Waals surface area contributed by atoms with Crippen LogP contribution in [0.5, 0.6) is 0 Å². The molecule has 0 spiro atoms. The molecule has 2 fully saturated rings. The average Bonchev–Trinajstić information content (AvgIpc) is 3.17. The van der Waals surface area contributed by atoms with Crippen LogP contribution >= 0.6 is 0 Å². The molecule has 2 aliphatic rings. The molecule has 1 aliphatic carbocycles. The van der Waals surface area contributed by atoms with E-state index < -0.39 is 5.97 Å². The SMILES string of the molecule is CC1CCCC(C)N1NC(=O)NC(CC(=O)O)C1CC1. The highest BCUT2D eigenvalue weighted by Gasteiger charge is 2.34. The third-order valence-corrected chi connectivity index (χ3v) is 4.33. The highest BCUT2D eigenvalue weighted by atomic mass is 16.4. The molecule has 3 unspecified atom stereocenters. The predicted octanol–water partition coefficient (Wildman–Crippen LogP) is 1.72. The lowest BCUT2D eigenvalue weighted by atomic mass is 10.00. The third-order valence-electron chi connectivity index (χ3n) is 4.33. The number of urea groups is 1. The lowest BCUT2D eigenvalue weighted by molar-refractivity contribution is -0.137. The van der Waals surface area contributed by atoms with Crippen molar-refractivity contribution < 1.29 is 14.7 Å². The zero-order valence-corrected chi connectivity index (χ0v) is 12.3. The van der Waals surface area contributed by atoms with Crippen molar-refractivity contribution in [3.8, 4) is 0 Å². The van der Waals surface area contributed by atoms with E-state index in [1.807, 2.05) is 5.01 Å². The van der Waals surface area contributed by atoms with Crippen LogP contribution in [-0.4, -0.2) is 40.2 Å². The standard InChI is InChI=1S/C14H25N3O3/c1-9-4-3-5-10(2)17(9)16-14(20)15-12(8-13(18)19)11-6-7-11/h9-12H,3-8H2,1-2H3,(H,18,19)(H2,15,16,20). The molecule has 1 saturated carbocycles. The van der Waals surface area contributed by atoms with Gasteiger partial charge in [-0.15, -0.1) is 0 Å². The van der Waals surface area contributed by atoms with E-state index in [4.69, 9.17) is 5.11 Å². The normalized spacial score (nSPS) is 28.7. The Morgan fingerprint density at radius 1 is 1.20 bits per heavy atom. The first-order chi connectivity index (χ1) is 9.47. The second kappa shape index (κ2) is 6.43. The summed E-state index contributed by atoms with van der Waals surface area (Å²) >= 11 is 0. The van der Waals surface area contributed by atoms with Crippen molar-refractivity contribution in [1.29, 1.82) is 0 Å². The molecule has 2 rings (SSSR count). The summed E-state index contributed by atoms with van der Waals surface area (Å²) in [6.07, 6.45) is 5.36. The van der Waals surface area contributed by atoms with Crippen molar-refractivity contribution in [2.24, 2.45) is 5.92 Å². The van der Waals surface area contributed by atoms with E-state index in [9.17, 15) is 9.59 Å². The fourth-order valence-corrected chi connectivity index (χ4v) is 2.98. The Balaban J connectivity index is 1.85. The van der Waals surface area contributed by atoms with E-state index in [0.29, 0.717) is 18.0 Å². The highest BCUT2D eigenvalue weighted by Crippen LogP contribution is 2.34. The molecular weight excluding hydrogens is 258 g/mol. The lowest BCUT2D eigenvalue weighted by Crippen LogP contribution is -2.58. The van der Waals surface area contributed by atoms with Gasteiger partial charge in [0.15, 0.2) is 0 Å². The molecule has 2 amide bonds. The second-order valence-electron chi connectivity index (χ2n) is 6.16. The molecule has 3 atom stereocenters. The average molecular weight is 283 g/mol. The number of carboxylic acids is 1. The van der Waals surface area contributed by atoms with E-state index in [1.54, 1.807) is 0 Å². The van der Waals surface area contributed by atoms with Crippen LogP contribution in [-0.2, 0) is 4.79 Å². The summed E-state index contributed by atoms with van der Waals surface area (Å²) < 4.78 is 0. The van der Waals surface area contributed by atoms with E-state index in [2.05, 4.69) is 24.6 Å². The van der Waals surface area contributed by atoms with Gasteiger partial charge in [0.1, 0.15) is 0 Å². The van der Waals surface area contributed by atoms with Gasteiger partial charge in [-0.3, -0.25) is 10.2 Å². The van der Waals surface area contributed by atoms with Gasteiger partial charge in [-0.25, -0.2) is 9.80 Å². The van der Waals surface area contributed by atoms with Gasteiger partial charge in [-0.2, -0.15) is 0 Å². The van der Waals surface area contributed by atoms with E-state index >= 15 is 0 Å². The maximum Gasteiger partial charge on any atom is 0.329 e. The Labute approximate surface area is 119 Å². The molecule has 1 heterocycles. The number of piperidine rings is 1. The molecule has 6 heteroatoms. The number of amides is 2. The molecule has 114 valence electrons. The van der Waals surface area contributed by atoms with E-state index in [0.717, 1.165) is 25.7 Å². The van der Waals surface area contributed by atoms with Crippen molar-refractivity contribution in [3.63, 3.8) is 0 Å². The van der Waals surface area contributed by atoms with Crippen LogP contribution in [0.2, 0.25) is 0 Å². The van der Waals surface area contributed by atoms with Crippen molar-refractivity contribution in [3.05, 3.63) is 0 Å². The van der Waals surface area contributed by atoms with Crippen LogP contribution in [0, 0.1) is 5.92 Å². The van der Waals surface area contributed by atoms with Crippen molar-refractivity contribution >= 4 is 12.0 Å². The summed E-state index contributed by atoms with van der Waals surface area (Å²) in [5.74, 6) is -0.532. The largest absolute Gasteiger partial charge is 0.481 e. The molecule has 1 aliphatic heterocycles. The number of hydrogen-bond donors (Lipinski definition) is 3. The van der Waals surface area contributed by atoms with Crippen LogP contribution in [0.4, 0.5) is 4.79 Å². The molecule has 1 saturated heterocycles. The Morgan fingerprint density at radius 3 is 2.30 bits per heavy atom. The van der Waals surface area contributed by atoms with Crippen molar-refractivity contribution in [2.75, 3.05) is 0 Å². The molecule has 6 nitrogen and oxygen atoms in total. The van der Waals surface area contributed by atoms with E-state index in [-0.39, 0.29) is 18.5 Å². The summed E-state index contributed by atoms with van der Waals surface area (Å²) in [5, 5.41) is 13.7. The summed E-state index contributed by atoms with van der Waals surface area (Å²) in [5.41, 5.74) is 2.90. The number of rotatable bonds is 5. The summed E-state index contributed by atoms with van der Waals surface area (Å²) in [6.45, 7) is 4.21. The van der Waals surface area contributed by atoms with Crippen molar-refractivity contribution in [2.45, 2.75) is 70.5 Å². The van der Waals surface area contributed by atoms with Crippen molar-refractivity contribution in [1.82, 2.24) is 15.8 Å². The molecule has 3 N–H and O–H groups in total. The molecule has 0 aromatic heterocycles. The molecule has 20 heavy (non-hydrogen) atoms. The summed E-state index contributed by atoms with van der Waals surface area (Å²) in [7, 11) is 0. The van der Waals surface area contributed by atoms with Gasteiger partial charge in [0.2, 0.25) is 0 Å². The van der Waals surface area contributed by atoms with Crippen LogP contribution in [0.15, 0.2) is 0 Å². The number of aliphatic carboxylic acids is 1. The Hall–Kier alpha value is -1.30. The van der Waals surface area contributed by atoms with Crippen LogP contribution in [0.3, 0.4) is 0 Å². The van der Waals surface area contributed by atoms with Crippen LogP contribution in [0.1, 0.15) is 52.4 Å². The summed E-state index contributed by atoms with van der Waals surface area (Å²) in [6, 6.07) is 0.123. The van der Waals surface area contributed by atoms with E-state index in [1.165, 1.54) is 6.42 Å². The number of nitrogens with zero attached hydrogens (tertiary/aromatic N) is 1. The molecule has 0 bridgehead atoms. The Morgan fingerprint density at radius 2 is 1.80 bits per heavy atom. The zero-order chi connectivity index (χ0) is 14.7. The van der Waals surface area contributed by atoms with Gasteiger partial charge in [0.05, 0.1) is 6.42 Å². The monoisotopic (exact) mass is 283 g/mol. The number of carbonyl (C=O) groups excluding carboxylic acids is 1. The van der Waals surface area contributed by atoms with Gasteiger partial charge in [-0.1, -0.05) is 6.42 Å². The quantitative estimate of drug-likeness (QED) is 0.717. The van der Waals surface area contributed by atoms with Crippen LogP contribution < -0.4 is 10.7 Å². The molecular formula is C14H25N3O3. The maximum absolute atomic E-state index is 12.1. The molecule has 0 aromatic rings. The zero-order valence-electron chi connectivity index (χ0n) is 12.3. The van der Waals surface area contributed by atoms with Crippen LogP contribution in [0.25, 0.3) is 0 Å². The van der Waals surface area contributed by atoms with Gasteiger partial charge >= 0.3 is 12.0 Å². The first kappa shape index (κ1) is 15.1. The lowest BCUT2D eigenvalue weighted by Gasteiger charge is -2.38. The molecule has 0 aromatic carbocycles. The minimum atomic E-state index is -0.859. The minimum Gasteiger partial charge on any atom is -0.481 e. The Kier molecular flexibility index (Phi) is 4.86. The first-order valence-electron chi connectivity index (χ1n) is 7.54. The number of carboxylic acid groups (broad SMARTS) is 1.